The number of hydrogen-bond acceptors (Lipinski definition) is 8. The van der Waals surface area contributed by atoms with Crippen LogP contribution in [0, 0.1) is 29.8 Å². The van der Waals surface area contributed by atoms with Crippen LogP contribution in [0.5, 0.6) is 0 Å². The number of aliphatic hydroxyl groups excluding tert-OH is 1. The molecule has 2 aromatic carbocycles. The predicted octanol–water partition coefficient (Wildman–Crippen LogP) is 3.83. The summed E-state index contributed by atoms with van der Waals surface area (Å²) in [6, 6.07) is 8.04. The zero-order valence-electron chi connectivity index (χ0n) is 16.8. The minimum atomic E-state index is -1.13. The number of rotatable bonds is 4. The van der Waals surface area contributed by atoms with Crippen LogP contribution in [0.4, 0.5) is 15.2 Å². The Morgan fingerprint density at radius 3 is 2.41 bits per heavy atom. The van der Waals surface area contributed by atoms with Crippen molar-refractivity contribution in [1.82, 2.24) is 10.2 Å². The molecule has 1 atom stereocenters. The Kier molecular flexibility index (Phi) is 5.26. The number of anilines is 1. The van der Waals surface area contributed by atoms with E-state index >= 15 is 0 Å². The molecule has 1 unspecified atom stereocenters. The fourth-order valence-corrected chi connectivity index (χ4v) is 4.12. The van der Waals surface area contributed by atoms with Crippen molar-refractivity contribution in [1.29, 1.82) is 0 Å². The summed E-state index contributed by atoms with van der Waals surface area (Å²) in [6.45, 7) is 3.22. The molecular formula is C21H15FN4O5S. The average Bonchev–Trinajstić information content (AvgIpc) is 3.30. The number of amides is 1. The maximum atomic E-state index is 14.1. The second-order valence-corrected chi connectivity index (χ2v) is 8.25. The molecule has 9 nitrogen and oxygen atoms in total. The molecule has 162 valence electrons. The molecule has 1 aliphatic heterocycles. The van der Waals surface area contributed by atoms with Gasteiger partial charge in [-0.15, -0.1) is 10.2 Å². The van der Waals surface area contributed by atoms with Crippen LogP contribution in [0.1, 0.15) is 27.7 Å². The molecular weight excluding hydrogens is 439 g/mol. The van der Waals surface area contributed by atoms with Crippen LogP contribution in [0.15, 0.2) is 48.0 Å². The van der Waals surface area contributed by atoms with E-state index in [0.717, 1.165) is 22.3 Å². The number of carbonyl (C=O) groups excluding carboxylic acids is 2. The van der Waals surface area contributed by atoms with E-state index in [9.17, 15) is 29.2 Å². The van der Waals surface area contributed by atoms with Crippen LogP contribution in [-0.2, 0) is 9.59 Å². The summed E-state index contributed by atoms with van der Waals surface area (Å²) < 4.78 is 14.1. The fraction of sp³-hybridized carbons (Fsp3) is 0.143. The average molecular weight is 454 g/mol. The number of nitro groups is 1. The summed E-state index contributed by atoms with van der Waals surface area (Å²) >= 11 is 1.07. The van der Waals surface area contributed by atoms with Crippen molar-refractivity contribution in [2.75, 3.05) is 4.90 Å². The van der Waals surface area contributed by atoms with E-state index in [0.29, 0.717) is 16.1 Å². The Balaban J connectivity index is 1.93. The van der Waals surface area contributed by atoms with Gasteiger partial charge in [-0.05, 0) is 43.2 Å². The van der Waals surface area contributed by atoms with Crippen molar-refractivity contribution in [3.05, 3.63) is 85.7 Å². The highest BCUT2D eigenvalue weighted by Crippen LogP contribution is 2.43. The number of ketones is 1. The summed E-state index contributed by atoms with van der Waals surface area (Å²) in [5, 5.41) is 30.5. The van der Waals surface area contributed by atoms with Crippen LogP contribution in [-0.4, -0.2) is 31.9 Å². The molecule has 11 heteroatoms. The van der Waals surface area contributed by atoms with Gasteiger partial charge >= 0.3 is 5.91 Å². The van der Waals surface area contributed by atoms with Gasteiger partial charge in [-0.25, -0.2) is 4.39 Å². The minimum Gasteiger partial charge on any atom is -0.507 e. The van der Waals surface area contributed by atoms with Gasteiger partial charge in [-0.2, -0.15) is 0 Å². The molecule has 1 aliphatic rings. The van der Waals surface area contributed by atoms with Crippen molar-refractivity contribution in [3.8, 4) is 0 Å². The smallest absolute Gasteiger partial charge is 0.301 e. The fourth-order valence-electron chi connectivity index (χ4n) is 3.40. The highest BCUT2D eigenvalue weighted by molar-refractivity contribution is 7.15. The lowest BCUT2D eigenvalue weighted by molar-refractivity contribution is -0.384. The van der Waals surface area contributed by atoms with Crippen LogP contribution >= 0.6 is 11.3 Å². The highest BCUT2D eigenvalue weighted by Gasteiger charge is 2.48. The zero-order chi connectivity index (χ0) is 23.2. The number of aromatic nitrogens is 2. The summed E-state index contributed by atoms with van der Waals surface area (Å²) in [5.41, 5.74) is 0.236. The summed E-state index contributed by atoms with van der Waals surface area (Å²) in [7, 11) is 0. The molecule has 32 heavy (non-hydrogen) atoms. The Hall–Kier alpha value is -3.99. The predicted molar refractivity (Wildman–Crippen MR) is 114 cm³/mol. The number of aryl methyl sites for hydroxylation is 2. The second kappa shape index (κ2) is 7.93. The Labute approximate surface area is 184 Å². The number of benzene rings is 2. The SMILES string of the molecule is Cc1nnc(N2C(=O)C(=O)/C(=C(/O)c3ccc(C)c(F)c3)C2c2ccc([N+](=O)[O-])cc2)s1. The van der Waals surface area contributed by atoms with Gasteiger partial charge in [0.05, 0.1) is 16.5 Å². The van der Waals surface area contributed by atoms with Gasteiger partial charge < -0.3 is 5.11 Å². The highest BCUT2D eigenvalue weighted by atomic mass is 32.1. The molecule has 0 radical (unpaired) electrons. The number of Topliss-reactive ketones (excluding diaryl/α,β-unsaturated/α-hetero) is 1. The molecule has 1 saturated heterocycles. The van der Waals surface area contributed by atoms with Crippen LogP contribution < -0.4 is 4.90 Å². The largest absolute Gasteiger partial charge is 0.507 e. The number of nitro benzene ring substituents is 1. The first-order valence-corrected chi connectivity index (χ1v) is 10.1. The van der Waals surface area contributed by atoms with Gasteiger partial charge in [-0.1, -0.05) is 23.5 Å². The number of non-ortho nitro benzene ring substituents is 1. The third kappa shape index (κ3) is 3.52. The maximum Gasteiger partial charge on any atom is 0.301 e. The molecule has 1 fully saturated rings. The maximum absolute atomic E-state index is 14.1. The number of carbonyl (C=O) groups is 2. The van der Waals surface area contributed by atoms with E-state index in [1.54, 1.807) is 13.8 Å². The van der Waals surface area contributed by atoms with E-state index in [2.05, 4.69) is 10.2 Å². The molecule has 0 saturated carbocycles. The monoisotopic (exact) mass is 454 g/mol. The molecule has 2 heterocycles. The van der Waals surface area contributed by atoms with E-state index in [-0.39, 0.29) is 22.0 Å². The molecule has 4 rings (SSSR count). The first-order valence-electron chi connectivity index (χ1n) is 9.31. The van der Waals surface area contributed by atoms with Gasteiger partial charge in [0.2, 0.25) is 5.13 Å². The Morgan fingerprint density at radius 2 is 1.84 bits per heavy atom. The number of halogens is 1. The lowest BCUT2D eigenvalue weighted by Gasteiger charge is -2.22. The number of hydrogen-bond donors (Lipinski definition) is 1. The summed E-state index contributed by atoms with van der Waals surface area (Å²) in [6.07, 6.45) is 0. The van der Waals surface area contributed by atoms with Crippen molar-refractivity contribution in [2.24, 2.45) is 0 Å². The summed E-state index contributed by atoms with van der Waals surface area (Å²) in [4.78, 5) is 37.4. The third-order valence-corrected chi connectivity index (χ3v) is 5.87. The third-order valence-electron chi connectivity index (χ3n) is 5.03. The standard InChI is InChI=1S/C21H15FN4O5S/c1-10-3-4-13(9-15(10)22)18(27)16-17(12-5-7-14(8-6-12)26(30)31)25(20(29)19(16)28)21-24-23-11(2)32-21/h3-9,17,27H,1-2H3/b18-16+. The first kappa shape index (κ1) is 21.2. The van der Waals surface area contributed by atoms with Gasteiger partial charge in [0.15, 0.2) is 0 Å². The normalized spacial score (nSPS) is 17.7. The minimum absolute atomic E-state index is 0.0199. The van der Waals surface area contributed by atoms with Gasteiger partial charge in [0, 0.05) is 17.7 Å². The van der Waals surface area contributed by atoms with Crippen LogP contribution in [0.3, 0.4) is 0 Å². The molecule has 0 spiro atoms. The number of nitrogens with zero attached hydrogens (tertiary/aromatic N) is 4. The molecule has 3 aromatic rings. The topological polar surface area (TPSA) is 127 Å². The molecule has 0 aliphatic carbocycles. The summed E-state index contributed by atoms with van der Waals surface area (Å²) in [5.74, 6) is -3.08. The van der Waals surface area contributed by atoms with E-state index in [1.165, 1.54) is 36.4 Å². The molecule has 1 amide bonds. The van der Waals surface area contributed by atoms with Crippen LogP contribution in [0.25, 0.3) is 5.76 Å². The molecule has 1 N–H and O–H groups in total. The molecule has 1 aromatic heterocycles. The van der Waals surface area contributed by atoms with E-state index < -0.39 is 34.2 Å². The first-order chi connectivity index (χ1) is 15.2. The quantitative estimate of drug-likeness (QED) is 0.209. The lowest BCUT2D eigenvalue weighted by Crippen LogP contribution is -2.29. The van der Waals surface area contributed by atoms with Crippen molar-refractivity contribution in [3.63, 3.8) is 0 Å². The second-order valence-electron chi connectivity index (χ2n) is 7.09. The Bertz CT molecular complexity index is 1300. The lowest BCUT2D eigenvalue weighted by atomic mass is 9.95. The van der Waals surface area contributed by atoms with Gasteiger partial charge in [-0.3, -0.25) is 24.6 Å². The van der Waals surface area contributed by atoms with Crippen molar-refractivity contribution in [2.45, 2.75) is 19.9 Å². The van der Waals surface area contributed by atoms with Gasteiger partial charge in [0.1, 0.15) is 16.6 Å². The number of aliphatic hydroxyl groups is 1. The van der Waals surface area contributed by atoms with E-state index in [1.807, 2.05) is 0 Å². The van der Waals surface area contributed by atoms with Crippen LogP contribution in [0.2, 0.25) is 0 Å². The van der Waals surface area contributed by atoms with Crippen molar-refractivity contribution < 1.29 is 24.0 Å². The van der Waals surface area contributed by atoms with Crippen molar-refractivity contribution >= 4 is 39.6 Å². The zero-order valence-corrected chi connectivity index (χ0v) is 17.6. The van der Waals surface area contributed by atoms with Gasteiger partial charge in [0.25, 0.3) is 11.5 Å². The van der Waals surface area contributed by atoms with E-state index in [4.69, 9.17) is 0 Å². The Morgan fingerprint density at radius 1 is 1.16 bits per heavy atom. The molecule has 0 bridgehead atoms.